The number of aryl methyl sites for hydroxylation is 1. The van der Waals surface area contributed by atoms with Crippen molar-refractivity contribution in [3.05, 3.63) is 18.0 Å². The molecule has 1 atom stereocenters. The minimum absolute atomic E-state index is 0.725. The predicted molar refractivity (Wildman–Crippen MR) is 65.6 cm³/mol. The van der Waals surface area contributed by atoms with Crippen LogP contribution < -0.4 is 10.2 Å². The van der Waals surface area contributed by atoms with Crippen LogP contribution in [0.5, 0.6) is 0 Å². The number of piperidine rings is 1. The van der Waals surface area contributed by atoms with Gasteiger partial charge in [0.1, 0.15) is 0 Å². The smallest absolute Gasteiger partial charge is 0.225 e. The van der Waals surface area contributed by atoms with E-state index in [0.29, 0.717) is 0 Å². The van der Waals surface area contributed by atoms with Gasteiger partial charge in [0.15, 0.2) is 0 Å². The van der Waals surface area contributed by atoms with Crippen molar-refractivity contribution in [2.75, 3.05) is 31.6 Å². The number of anilines is 1. The molecule has 1 fully saturated rings. The minimum Gasteiger partial charge on any atom is -0.340 e. The number of nitrogens with one attached hydrogen (secondary N) is 1. The molecule has 0 amide bonds. The van der Waals surface area contributed by atoms with Crippen LogP contribution in [0.1, 0.15) is 18.5 Å². The molecular formula is C12H20N4. The Morgan fingerprint density at radius 1 is 1.56 bits per heavy atom. The van der Waals surface area contributed by atoms with Crippen LogP contribution in [0.25, 0.3) is 0 Å². The third-order valence-electron chi connectivity index (χ3n) is 3.08. The van der Waals surface area contributed by atoms with Gasteiger partial charge in [-0.3, -0.25) is 0 Å². The molecule has 0 bridgehead atoms. The second kappa shape index (κ2) is 5.25. The summed E-state index contributed by atoms with van der Waals surface area (Å²) in [5, 5.41) is 3.25. The maximum absolute atomic E-state index is 4.49. The van der Waals surface area contributed by atoms with Crippen molar-refractivity contribution < 1.29 is 0 Å². The van der Waals surface area contributed by atoms with Gasteiger partial charge in [-0.15, -0.1) is 0 Å². The summed E-state index contributed by atoms with van der Waals surface area (Å²) in [4.78, 5) is 11.1. The first kappa shape index (κ1) is 11.3. The summed E-state index contributed by atoms with van der Waals surface area (Å²) in [6.45, 7) is 5.26. The highest BCUT2D eigenvalue weighted by Crippen LogP contribution is 2.19. The quantitative estimate of drug-likeness (QED) is 0.831. The molecule has 0 aromatic carbocycles. The first-order valence-corrected chi connectivity index (χ1v) is 5.99. The molecule has 88 valence electrons. The number of aromatic nitrogens is 2. The van der Waals surface area contributed by atoms with Crippen LogP contribution in [0.2, 0.25) is 0 Å². The highest BCUT2D eigenvalue weighted by molar-refractivity contribution is 5.30. The Hall–Kier alpha value is -1.16. The molecule has 4 nitrogen and oxygen atoms in total. The summed E-state index contributed by atoms with van der Waals surface area (Å²) in [5.74, 6) is 1.61. The van der Waals surface area contributed by atoms with Gasteiger partial charge in [-0.05, 0) is 45.3 Å². The van der Waals surface area contributed by atoms with Gasteiger partial charge in [0.05, 0.1) is 0 Å². The molecule has 0 spiro atoms. The highest BCUT2D eigenvalue weighted by atomic mass is 15.3. The van der Waals surface area contributed by atoms with Gasteiger partial charge >= 0.3 is 0 Å². The SMILES string of the molecule is CNCC1CCCN(c2nccc(C)n2)C1. The molecule has 1 saturated heterocycles. The lowest BCUT2D eigenvalue weighted by Gasteiger charge is -2.32. The molecule has 0 radical (unpaired) electrons. The second-order valence-corrected chi connectivity index (χ2v) is 4.51. The Labute approximate surface area is 97.1 Å². The monoisotopic (exact) mass is 220 g/mol. The summed E-state index contributed by atoms with van der Waals surface area (Å²) in [7, 11) is 2.02. The lowest BCUT2D eigenvalue weighted by Crippen LogP contribution is -2.39. The van der Waals surface area contributed by atoms with Crippen LogP contribution in [0, 0.1) is 12.8 Å². The van der Waals surface area contributed by atoms with Gasteiger partial charge in [0.2, 0.25) is 5.95 Å². The van der Waals surface area contributed by atoms with Crippen LogP contribution in [-0.4, -0.2) is 36.6 Å². The van der Waals surface area contributed by atoms with Crippen molar-refractivity contribution in [1.82, 2.24) is 15.3 Å². The maximum Gasteiger partial charge on any atom is 0.225 e. The molecule has 16 heavy (non-hydrogen) atoms. The van der Waals surface area contributed by atoms with E-state index < -0.39 is 0 Å². The van der Waals surface area contributed by atoms with Crippen LogP contribution in [0.4, 0.5) is 5.95 Å². The zero-order valence-electron chi connectivity index (χ0n) is 10.1. The van der Waals surface area contributed by atoms with Gasteiger partial charge in [-0.25, -0.2) is 9.97 Å². The van der Waals surface area contributed by atoms with Gasteiger partial charge in [0, 0.05) is 25.0 Å². The summed E-state index contributed by atoms with van der Waals surface area (Å²) in [5.41, 5.74) is 1.04. The molecule has 0 aliphatic carbocycles. The van der Waals surface area contributed by atoms with Gasteiger partial charge in [-0.2, -0.15) is 0 Å². The normalized spacial score (nSPS) is 21.1. The van der Waals surface area contributed by atoms with Gasteiger partial charge < -0.3 is 10.2 Å². The van der Waals surface area contributed by atoms with Crippen molar-refractivity contribution in [1.29, 1.82) is 0 Å². The third-order valence-corrected chi connectivity index (χ3v) is 3.08. The first-order valence-electron chi connectivity index (χ1n) is 5.99. The predicted octanol–water partition coefficient (Wildman–Crippen LogP) is 1.22. The van der Waals surface area contributed by atoms with Crippen LogP contribution >= 0.6 is 0 Å². The van der Waals surface area contributed by atoms with Crippen LogP contribution in [0.3, 0.4) is 0 Å². The topological polar surface area (TPSA) is 41.0 Å². The van der Waals surface area contributed by atoms with E-state index in [0.717, 1.165) is 37.2 Å². The lowest BCUT2D eigenvalue weighted by molar-refractivity contribution is 0.399. The van der Waals surface area contributed by atoms with Crippen molar-refractivity contribution in [3.8, 4) is 0 Å². The molecule has 4 heteroatoms. The zero-order valence-corrected chi connectivity index (χ0v) is 10.1. The van der Waals surface area contributed by atoms with Crippen molar-refractivity contribution >= 4 is 5.95 Å². The Kier molecular flexibility index (Phi) is 3.72. The van der Waals surface area contributed by atoms with E-state index in [1.807, 2.05) is 26.2 Å². The molecule has 2 heterocycles. The van der Waals surface area contributed by atoms with E-state index in [2.05, 4.69) is 20.2 Å². The van der Waals surface area contributed by atoms with E-state index in [1.54, 1.807) is 0 Å². The van der Waals surface area contributed by atoms with Crippen LogP contribution in [-0.2, 0) is 0 Å². The number of rotatable bonds is 3. The zero-order chi connectivity index (χ0) is 11.4. The fourth-order valence-corrected chi connectivity index (χ4v) is 2.29. The molecule has 0 saturated carbocycles. The Morgan fingerprint density at radius 3 is 3.19 bits per heavy atom. The summed E-state index contributed by atoms with van der Waals surface area (Å²) in [6.07, 6.45) is 4.39. The standard InChI is InChI=1S/C12H20N4/c1-10-5-6-14-12(15-10)16-7-3-4-11(9-16)8-13-2/h5-6,11,13H,3-4,7-9H2,1-2H3. The molecule has 1 aromatic heterocycles. The van der Waals surface area contributed by atoms with Crippen molar-refractivity contribution in [2.45, 2.75) is 19.8 Å². The van der Waals surface area contributed by atoms with E-state index in [1.165, 1.54) is 12.8 Å². The third kappa shape index (κ3) is 2.70. The highest BCUT2D eigenvalue weighted by Gasteiger charge is 2.20. The fraction of sp³-hybridized carbons (Fsp3) is 0.667. The van der Waals surface area contributed by atoms with Gasteiger partial charge in [-0.1, -0.05) is 0 Å². The largest absolute Gasteiger partial charge is 0.340 e. The molecule has 1 aliphatic heterocycles. The Balaban J connectivity index is 2.03. The summed E-state index contributed by atoms with van der Waals surface area (Å²) < 4.78 is 0. The average Bonchev–Trinajstić information content (AvgIpc) is 2.30. The van der Waals surface area contributed by atoms with E-state index in [4.69, 9.17) is 0 Å². The molecule has 1 aromatic rings. The molecule has 1 aliphatic rings. The molecule has 2 rings (SSSR count). The number of hydrogen-bond acceptors (Lipinski definition) is 4. The van der Waals surface area contributed by atoms with Crippen molar-refractivity contribution in [3.63, 3.8) is 0 Å². The average molecular weight is 220 g/mol. The first-order chi connectivity index (χ1) is 7.79. The molecule has 1 unspecified atom stereocenters. The van der Waals surface area contributed by atoms with E-state index >= 15 is 0 Å². The van der Waals surface area contributed by atoms with E-state index in [9.17, 15) is 0 Å². The summed E-state index contributed by atoms with van der Waals surface area (Å²) in [6, 6.07) is 1.94. The molecular weight excluding hydrogens is 200 g/mol. The number of hydrogen-bond donors (Lipinski definition) is 1. The fourth-order valence-electron chi connectivity index (χ4n) is 2.29. The molecule has 1 N–H and O–H groups in total. The van der Waals surface area contributed by atoms with E-state index in [-0.39, 0.29) is 0 Å². The van der Waals surface area contributed by atoms with Crippen molar-refractivity contribution in [2.24, 2.45) is 5.92 Å². The number of nitrogens with zero attached hydrogens (tertiary/aromatic N) is 3. The maximum atomic E-state index is 4.49. The van der Waals surface area contributed by atoms with Gasteiger partial charge in [0.25, 0.3) is 0 Å². The lowest BCUT2D eigenvalue weighted by atomic mass is 9.98. The minimum atomic E-state index is 0.725. The van der Waals surface area contributed by atoms with Crippen LogP contribution in [0.15, 0.2) is 12.3 Å². The second-order valence-electron chi connectivity index (χ2n) is 4.51. The Morgan fingerprint density at radius 2 is 2.44 bits per heavy atom. The summed E-state index contributed by atoms with van der Waals surface area (Å²) >= 11 is 0. The Bertz CT molecular complexity index is 338.